The Bertz CT molecular complexity index is 1140. The van der Waals surface area contributed by atoms with Crippen molar-refractivity contribution in [2.24, 2.45) is 7.05 Å². The van der Waals surface area contributed by atoms with Crippen molar-refractivity contribution >= 4 is 21.9 Å². The van der Waals surface area contributed by atoms with Gasteiger partial charge in [0.2, 0.25) is 5.95 Å². The molecule has 1 aliphatic heterocycles. The van der Waals surface area contributed by atoms with Crippen molar-refractivity contribution in [2.75, 3.05) is 38.8 Å². The molecular weight excluding hydrogens is 464 g/mol. The second-order valence-corrected chi connectivity index (χ2v) is 7.96. The number of methoxy groups -OCH3 is 2. The highest BCUT2D eigenvalue weighted by Crippen LogP contribution is 2.38. The van der Waals surface area contributed by atoms with Crippen LogP contribution in [-0.4, -0.2) is 48.5 Å². The number of morpholine rings is 1. The van der Waals surface area contributed by atoms with E-state index < -0.39 is 0 Å². The van der Waals surface area contributed by atoms with Gasteiger partial charge in [0.05, 0.1) is 37.5 Å². The van der Waals surface area contributed by atoms with Crippen molar-refractivity contribution in [3.63, 3.8) is 0 Å². The number of halogens is 1. The van der Waals surface area contributed by atoms with E-state index in [2.05, 4.69) is 25.8 Å². The van der Waals surface area contributed by atoms with E-state index in [1.807, 2.05) is 24.3 Å². The quantitative estimate of drug-likeness (QED) is 0.547. The summed E-state index contributed by atoms with van der Waals surface area (Å²) in [4.78, 5) is 23.5. The van der Waals surface area contributed by atoms with Crippen LogP contribution in [0.4, 0.5) is 5.95 Å². The molecule has 9 heteroatoms. The fourth-order valence-corrected chi connectivity index (χ4v) is 4.16. The summed E-state index contributed by atoms with van der Waals surface area (Å²) in [7, 11) is 4.96. The van der Waals surface area contributed by atoms with Crippen molar-refractivity contribution < 1.29 is 14.2 Å². The maximum atomic E-state index is 12.7. The predicted molar refractivity (Wildman–Crippen MR) is 121 cm³/mol. The summed E-state index contributed by atoms with van der Waals surface area (Å²) in [5.74, 6) is 1.96. The summed E-state index contributed by atoms with van der Waals surface area (Å²) in [5.41, 5.74) is 2.24. The average molecular weight is 487 g/mol. The smallest absolute Gasteiger partial charge is 0.255 e. The molecule has 0 amide bonds. The molecule has 1 aliphatic rings. The summed E-state index contributed by atoms with van der Waals surface area (Å²) in [6.07, 6.45) is 3.12. The van der Waals surface area contributed by atoms with Crippen LogP contribution in [0.5, 0.6) is 11.5 Å². The van der Waals surface area contributed by atoms with Crippen LogP contribution in [-0.2, 0) is 11.8 Å². The first-order chi connectivity index (χ1) is 15.0. The number of ether oxygens (including phenoxy) is 3. The monoisotopic (exact) mass is 486 g/mol. The number of benzene rings is 1. The average Bonchev–Trinajstić information content (AvgIpc) is 2.81. The Morgan fingerprint density at radius 1 is 1.13 bits per heavy atom. The Labute approximate surface area is 188 Å². The van der Waals surface area contributed by atoms with Crippen molar-refractivity contribution in [2.45, 2.75) is 6.10 Å². The van der Waals surface area contributed by atoms with Crippen molar-refractivity contribution in [1.29, 1.82) is 0 Å². The largest absolute Gasteiger partial charge is 0.496 e. The molecule has 8 nitrogen and oxygen atoms in total. The van der Waals surface area contributed by atoms with Crippen LogP contribution in [0.2, 0.25) is 0 Å². The molecule has 3 aromatic rings. The van der Waals surface area contributed by atoms with Crippen LogP contribution in [0.1, 0.15) is 11.7 Å². The lowest BCUT2D eigenvalue weighted by atomic mass is 10.1. The van der Waals surface area contributed by atoms with Crippen LogP contribution in [0.15, 0.2) is 52.0 Å². The molecule has 0 spiro atoms. The molecule has 1 saturated heterocycles. The minimum atomic E-state index is -0.257. The highest BCUT2D eigenvalue weighted by molar-refractivity contribution is 9.10. The van der Waals surface area contributed by atoms with Crippen molar-refractivity contribution in [3.05, 3.63) is 63.1 Å². The van der Waals surface area contributed by atoms with Gasteiger partial charge in [-0.25, -0.2) is 4.98 Å². The molecule has 1 unspecified atom stereocenters. The van der Waals surface area contributed by atoms with E-state index in [1.54, 1.807) is 44.3 Å². The number of anilines is 1. The normalized spacial score (nSPS) is 16.3. The third-order valence-electron chi connectivity index (χ3n) is 5.29. The third-order valence-corrected chi connectivity index (χ3v) is 5.91. The van der Waals surface area contributed by atoms with Gasteiger partial charge in [-0.05, 0) is 34.1 Å². The Kier molecular flexibility index (Phi) is 6.24. The molecule has 0 saturated carbocycles. The SMILES string of the molecule is COc1cc(OC)c(C2CN(c3nc(-c4ccncc4)cc(=O)n3C)CCO2)cc1Br. The van der Waals surface area contributed by atoms with Gasteiger partial charge in [0, 0.05) is 49.2 Å². The summed E-state index contributed by atoms with van der Waals surface area (Å²) in [6, 6.07) is 9.01. The summed E-state index contributed by atoms with van der Waals surface area (Å²) < 4.78 is 19.4. The zero-order valence-electron chi connectivity index (χ0n) is 17.5. The van der Waals surface area contributed by atoms with Gasteiger partial charge < -0.3 is 19.1 Å². The first kappa shape index (κ1) is 21.3. The van der Waals surface area contributed by atoms with Gasteiger partial charge in [-0.15, -0.1) is 0 Å². The van der Waals surface area contributed by atoms with E-state index in [-0.39, 0.29) is 11.7 Å². The first-order valence-electron chi connectivity index (χ1n) is 9.78. The summed E-state index contributed by atoms with van der Waals surface area (Å²) in [5, 5.41) is 0. The van der Waals surface area contributed by atoms with E-state index in [4.69, 9.17) is 19.2 Å². The van der Waals surface area contributed by atoms with Crippen LogP contribution in [0.3, 0.4) is 0 Å². The number of nitrogens with zero attached hydrogens (tertiary/aromatic N) is 4. The molecular formula is C22H23BrN4O4. The summed E-state index contributed by atoms with van der Waals surface area (Å²) in [6.45, 7) is 1.64. The number of hydrogen-bond donors (Lipinski definition) is 0. The Balaban J connectivity index is 1.69. The van der Waals surface area contributed by atoms with Gasteiger partial charge >= 0.3 is 0 Å². The molecule has 4 rings (SSSR count). The lowest BCUT2D eigenvalue weighted by molar-refractivity contribution is 0.0374. The van der Waals surface area contributed by atoms with E-state index in [0.717, 1.165) is 15.6 Å². The molecule has 162 valence electrons. The molecule has 1 aromatic carbocycles. The number of hydrogen-bond acceptors (Lipinski definition) is 7. The highest BCUT2D eigenvalue weighted by atomic mass is 79.9. The van der Waals surface area contributed by atoms with Gasteiger partial charge in [0.15, 0.2) is 0 Å². The number of aromatic nitrogens is 3. The fraction of sp³-hybridized carbons (Fsp3) is 0.318. The van der Waals surface area contributed by atoms with Gasteiger partial charge in [-0.3, -0.25) is 14.3 Å². The number of rotatable bonds is 5. The molecule has 0 N–H and O–H groups in total. The molecule has 0 radical (unpaired) electrons. The van der Waals surface area contributed by atoms with Crippen LogP contribution in [0.25, 0.3) is 11.3 Å². The zero-order chi connectivity index (χ0) is 22.0. The third kappa shape index (κ3) is 4.28. The molecule has 2 aromatic heterocycles. The lowest BCUT2D eigenvalue weighted by Crippen LogP contribution is -2.41. The molecule has 31 heavy (non-hydrogen) atoms. The second-order valence-electron chi connectivity index (χ2n) is 7.11. The van der Waals surface area contributed by atoms with Crippen molar-refractivity contribution in [1.82, 2.24) is 14.5 Å². The second kappa shape index (κ2) is 9.07. The fourth-order valence-electron chi connectivity index (χ4n) is 3.63. The Morgan fingerprint density at radius 3 is 2.58 bits per heavy atom. The van der Waals surface area contributed by atoms with Crippen molar-refractivity contribution in [3.8, 4) is 22.8 Å². The molecule has 0 bridgehead atoms. The van der Waals surface area contributed by atoms with Gasteiger partial charge in [-0.2, -0.15) is 0 Å². The Morgan fingerprint density at radius 2 is 1.87 bits per heavy atom. The molecule has 1 atom stereocenters. The minimum Gasteiger partial charge on any atom is -0.496 e. The van der Waals surface area contributed by atoms with Crippen LogP contribution < -0.4 is 19.9 Å². The zero-order valence-corrected chi connectivity index (χ0v) is 19.1. The van der Waals surface area contributed by atoms with Gasteiger partial charge in [0.25, 0.3) is 5.56 Å². The topological polar surface area (TPSA) is 78.7 Å². The molecule has 3 heterocycles. The minimum absolute atomic E-state index is 0.121. The van der Waals surface area contributed by atoms with E-state index >= 15 is 0 Å². The van der Waals surface area contributed by atoms with Crippen LogP contribution in [0, 0.1) is 0 Å². The highest BCUT2D eigenvalue weighted by Gasteiger charge is 2.28. The van der Waals surface area contributed by atoms with E-state index in [0.29, 0.717) is 42.8 Å². The van der Waals surface area contributed by atoms with Crippen LogP contribution >= 0.6 is 15.9 Å². The lowest BCUT2D eigenvalue weighted by Gasteiger charge is -2.35. The maximum Gasteiger partial charge on any atom is 0.255 e. The van der Waals surface area contributed by atoms with E-state index in [1.165, 1.54) is 0 Å². The molecule has 1 fully saturated rings. The first-order valence-corrected chi connectivity index (χ1v) is 10.6. The Hall–Kier alpha value is -2.91. The maximum absolute atomic E-state index is 12.7. The van der Waals surface area contributed by atoms with E-state index in [9.17, 15) is 4.79 Å². The van der Waals surface area contributed by atoms with Gasteiger partial charge in [-0.1, -0.05) is 0 Å². The predicted octanol–water partition coefficient (Wildman–Crippen LogP) is 3.20. The number of pyridine rings is 1. The summed E-state index contributed by atoms with van der Waals surface area (Å²) >= 11 is 3.54. The molecule has 0 aliphatic carbocycles. The van der Waals surface area contributed by atoms with Gasteiger partial charge in [0.1, 0.15) is 17.6 Å². The standard InChI is InChI=1S/C22H23BrN4O4/c1-26-21(28)11-17(14-4-6-24-7-5-14)25-22(26)27-8-9-31-20(13-27)15-10-16(23)19(30-3)12-18(15)29-2/h4-7,10-12,20H,8-9,13H2,1-3H3.